The summed E-state index contributed by atoms with van der Waals surface area (Å²) in [6.45, 7) is 0.645. The zero-order valence-electron chi connectivity index (χ0n) is 11.9. The van der Waals surface area contributed by atoms with E-state index in [2.05, 4.69) is 10.6 Å². The summed E-state index contributed by atoms with van der Waals surface area (Å²) in [5.41, 5.74) is 1.45. The Labute approximate surface area is 133 Å². The van der Waals surface area contributed by atoms with Crippen molar-refractivity contribution in [2.75, 3.05) is 19.0 Å². The van der Waals surface area contributed by atoms with Crippen LogP contribution in [0.4, 0.5) is 0 Å². The van der Waals surface area contributed by atoms with Gasteiger partial charge in [0, 0.05) is 30.6 Å². The van der Waals surface area contributed by atoms with Crippen LogP contribution in [0.1, 0.15) is 32.7 Å². The lowest BCUT2D eigenvalue weighted by molar-refractivity contribution is -0.122. The number of alkyl halides is 1. The van der Waals surface area contributed by atoms with Crippen LogP contribution in [0.2, 0.25) is 0 Å². The van der Waals surface area contributed by atoms with Gasteiger partial charge in [0.2, 0.25) is 11.8 Å². The zero-order valence-corrected chi connectivity index (χ0v) is 12.7. The largest absolute Gasteiger partial charge is 0.354 e. The van der Waals surface area contributed by atoms with Gasteiger partial charge in [-0.25, -0.2) is 0 Å². The van der Waals surface area contributed by atoms with Crippen LogP contribution in [-0.4, -0.2) is 43.4 Å². The molecule has 0 saturated heterocycles. The minimum atomic E-state index is -0.285. The highest BCUT2D eigenvalue weighted by molar-refractivity contribution is 6.27. The molecule has 7 heteroatoms. The second-order valence-electron chi connectivity index (χ2n) is 4.53. The summed E-state index contributed by atoms with van der Waals surface area (Å²) in [7, 11) is 0. The van der Waals surface area contributed by atoms with Crippen molar-refractivity contribution < 1.29 is 19.2 Å². The average Bonchev–Trinajstić information content (AvgIpc) is 2.56. The van der Waals surface area contributed by atoms with Gasteiger partial charge in [-0.05, 0) is 18.1 Å². The van der Waals surface area contributed by atoms with Crippen LogP contribution >= 0.6 is 11.6 Å². The van der Waals surface area contributed by atoms with Crippen molar-refractivity contribution in [1.29, 1.82) is 0 Å². The van der Waals surface area contributed by atoms with Crippen LogP contribution in [0.3, 0.4) is 0 Å². The Morgan fingerprint density at radius 3 is 2.23 bits per heavy atom. The molecule has 22 heavy (non-hydrogen) atoms. The zero-order chi connectivity index (χ0) is 16.4. The van der Waals surface area contributed by atoms with Gasteiger partial charge in [0.15, 0.2) is 12.6 Å². The summed E-state index contributed by atoms with van der Waals surface area (Å²) in [5, 5.41) is 5.19. The number of carbonyl (C=O) groups is 4. The first-order valence-electron chi connectivity index (χ1n) is 6.73. The molecule has 0 aliphatic rings. The SMILES string of the molecule is O=Cc1ccc(CCC(=O)NCCNC(=O)CCl)cc1C=O. The van der Waals surface area contributed by atoms with Crippen LogP contribution < -0.4 is 10.6 Å². The number of aldehydes is 2. The van der Waals surface area contributed by atoms with E-state index in [4.69, 9.17) is 11.6 Å². The van der Waals surface area contributed by atoms with Gasteiger partial charge in [0.05, 0.1) is 0 Å². The first-order chi connectivity index (χ1) is 10.6. The van der Waals surface area contributed by atoms with Crippen LogP contribution in [0.15, 0.2) is 18.2 Å². The van der Waals surface area contributed by atoms with Gasteiger partial charge < -0.3 is 10.6 Å². The molecule has 1 rings (SSSR count). The molecule has 0 aliphatic carbocycles. The molecular weight excluding hydrogens is 308 g/mol. The summed E-state index contributed by atoms with van der Waals surface area (Å²) >= 11 is 5.31. The molecular formula is C15H17ClN2O4. The minimum Gasteiger partial charge on any atom is -0.354 e. The molecule has 1 aromatic rings. The number of carbonyl (C=O) groups excluding carboxylic acids is 4. The van der Waals surface area contributed by atoms with Gasteiger partial charge in [-0.2, -0.15) is 0 Å². The monoisotopic (exact) mass is 324 g/mol. The molecule has 2 amide bonds. The van der Waals surface area contributed by atoms with Gasteiger partial charge in [-0.15, -0.1) is 11.6 Å². The smallest absolute Gasteiger partial charge is 0.234 e. The van der Waals surface area contributed by atoms with E-state index in [-0.39, 0.29) is 24.1 Å². The highest BCUT2D eigenvalue weighted by Gasteiger charge is 2.06. The molecule has 0 fully saturated rings. The first-order valence-corrected chi connectivity index (χ1v) is 7.26. The van der Waals surface area contributed by atoms with Crippen molar-refractivity contribution in [3.05, 3.63) is 34.9 Å². The van der Waals surface area contributed by atoms with Gasteiger partial charge in [-0.3, -0.25) is 19.2 Å². The van der Waals surface area contributed by atoms with E-state index in [1.165, 1.54) is 0 Å². The molecule has 2 N–H and O–H groups in total. The highest BCUT2D eigenvalue weighted by Crippen LogP contribution is 2.10. The average molecular weight is 325 g/mol. The molecule has 0 radical (unpaired) electrons. The normalized spacial score (nSPS) is 9.86. The molecule has 118 valence electrons. The van der Waals surface area contributed by atoms with Crippen LogP contribution in [0.25, 0.3) is 0 Å². The molecule has 0 bridgehead atoms. The topological polar surface area (TPSA) is 92.3 Å². The maximum atomic E-state index is 11.6. The lowest BCUT2D eigenvalue weighted by Gasteiger charge is -2.07. The number of benzene rings is 1. The maximum absolute atomic E-state index is 11.6. The number of amides is 2. The number of rotatable bonds is 9. The van der Waals surface area contributed by atoms with Gasteiger partial charge in [0.1, 0.15) is 5.88 Å². The molecule has 0 saturated carbocycles. The molecule has 6 nitrogen and oxygen atoms in total. The molecule has 0 unspecified atom stereocenters. The van der Waals surface area contributed by atoms with Crippen LogP contribution in [0, 0.1) is 0 Å². The Kier molecular flexibility index (Phi) is 7.85. The number of aryl methyl sites for hydroxylation is 1. The van der Waals surface area contributed by atoms with Crippen molar-refractivity contribution in [2.24, 2.45) is 0 Å². The standard InChI is InChI=1S/C15H17ClN2O4/c16-8-15(22)18-6-5-17-14(21)4-2-11-1-3-12(9-19)13(7-11)10-20/h1,3,7,9-10H,2,4-6,8H2,(H,17,21)(H,18,22). The van der Waals surface area contributed by atoms with E-state index < -0.39 is 0 Å². The summed E-state index contributed by atoms with van der Waals surface area (Å²) in [6, 6.07) is 4.88. The van der Waals surface area contributed by atoms with Gasteiger partial charge >= 0.3 is 0 Å². The minimum absolute atomic E-state index is 0.107. The fourth-order valence-corrected chi connectivity index (χ4v) is 1.88. The van der Waals surface area contributed by atoms with E-state index in [1.54, 1.807) is 18.2 Å². The van der Waals surface area contributed by atoms with Crippen molar-refractivity contribution in [1.82, 2.24) is 10.6 Å². The quantitative estimate of drug-likeness (QED) is 0.397. The molecule has 1 aromatic carbocycles. The van der Waals surface area contributed by atoms with Gasteiger partial charge in [0.25, 0.3) is 0 Å². The summed E-state index contributed by atoms with van der Waals surface area (Å²) in [6.07, 6.45) is 1.95. The third kappa shape index (κ3) is 6.05. The Balaban J connectivity index is 2.36. The third-order valence-electron chi connectivity index (χ3n) is 2.94. The Morgan fingerprint density at radius 2 is 1.64 bits per heavy atom. The second kappa shape index (κ2) is 9.68. The number of hydrogen-bond acceptors (Lipinski definition) is 4. The summed E-state index contributed by atoms with van der Waals surface area (Å²) in [5.74, 6) is -0.552. The van der Waals surface area contributed by atoms with E-state index in [0.717, 1.165) is 5.56 Å². The highest BCUT2D eigenvalue weighted by atomic mass is 35.5. The van der Waals surface area contributed by atoms with E-state index in [0.29, 0.717) is 43.2 Å². The lowest BCUT2D eigenvalue weighted by Crippen LogP contribution is -2.35. The molecule has 0 aromatic heterocycles. The molecule has 0 heterocycles. The predicted octanol–water partition coefficient (Wildman–Crippen LogP) is 0.715. The van der Waals surface area contributed by atoms with Crippen molar-refractivity contribution in [3.8, 4) is 0 Å². The summed E-state index contributed by atoms with van der Waals surface area (Å²) < 4.78 is 0. The maximum Gasteiger partial charge on any atom is 0.234 e. The number of hydrogen-bond donors (Lipinski definition) is 2. The molecule has 0 atom stereocenters. The van der Waals surface area contributed by atoms with E-state index in [1.807, 2.05) is 0 Å². The van der Waals surface area contributed by atoms with Crippen LogP contribution in [-0.2, 0) is 16.0 Å². The van der Waals surface area contributed by atoms with Crippen molar-refractivity contribution in [3.63, 3.8) is 0 Å². The Morgan fingerprint density at radius 1 is 1.00 bits per heavy atom. The van der Waals surface area contributed by atoms with E-state index in [9.17, 15) is 19.2 Å². The lowest BCUT2D eigenvalue weighted by atomic mass is 10.0. The van der Waals surface area contributed by atoms with Crippen molar-refractivity contribution in [2.45, 2.75) is 12.8 Å². The number of nitrogens with one attached hydrogen (secondary N) is 2. The fourth-order valence-electron chi connectivity index (χ4n) is 1.79. The third-order valence-corrected chi connectivity index (χ3v) is 3.18. The Hall–Kier alpha value is -2.21. The predicted molar refractivity (Wildman–Crippen MR) is 82.3 cm³/mol. The van der Waals surface area contributed by atoms with Gasteiger partial charge in [-0.1, -0.05) is 12.1 Å². The van der Waals surface area contributed by atoms with Crippen LogP contribution in [0.5, 0.6) is 0 Å². The van der Waals surface area contributed by atoms with E-state index >= 15 is 0 Å². The fraction of sp³-hybridized carbons (Fsp3) is 0.333. The number of halogens is 1. The summed E-state index contributed by atoms with van der Waals surface area (Å²) in [4.78, 5) is 44.1. The molecule has 0 spiro atoms. The second-order valence-corrected chi connectivity index (χ2v) is 4.80. The first kappa shape index (κ1) is 17.8. The Bertz CT molecular complexity index is 560. The molecule has 0 aliphatic heterocycles. The van der Waals surface area contributed by atoms with Crippen molar-refractivity contribution >= 4 is 36.0 Å².